The van der Waals surface area contributed by atoms with Crippen molar-refractivity contribution in [2.24, 2.45) is 5.92 Å². The fraction of sp³-hybridized carbons (Fsp3) is 0.684. The Hall–Kier alpha value is -1.04. The molecular formula is C19H32Cl2N4O. The predicted octanol–water partition coefficient (Wildman–Crippen LogP) is 3.38. The summed E-state index contributed by atoms with van der Waals surface area (Å²) < 4.78 is 0. The normalized spacial score (nSPS) is 18.0. The van der Waals surface area contributed by atoms with Gasteiger partial charge in [-0.3, -0.25) is 4.79 Å². The first kappa shape index (κ1) is 23.0. The molecule has 0 aromatic carbocycles. The van der Waals surface area contributed by atoms with E-state index in [1.807, 2.05) is 30.3 Å². The van der Waals surface area contributed by atoms with E-state index in [9.17, 15) is 4.79 Å². The number of carbonyl (C=O) groups is 1. The van der Waals surface area contributed by atoms with Crippen molar-refractivity contribution in [3.63, 3.8) is 0 Å². The van der Waals surface area contributed by atoms with Gasteiger partial charge in [-0.25, -0.2) is 4.98 Å². The molecule has 26 heavy (non-hydrogen) atoms. The maximum absolute atomic E-state index is 13.0. The summed E-state index contributed by atoms with van der Waals surface area (Å²) >= 11 is 0. The van der Waals surface area contributed by atoms with Crippen LogP contribution in [0.2, 0.25) is 0 Å². The molecule has 3 rings (SSSR count). The Morgan fingerprint density at radius 3 is 2.50 bits per heavy atom. The molecule has 148 valence electrons. The van der Waals surface area contributed by atoms with Gasteiger partial charge in [0.1, 0.15) is 5.82 Å². The number of anilines is 1. The van der Waals surface area contributed by atoms with Crippen molar-refractivity contribution in [2.75, 3.05) is 44.7 Å². The third-order valence-corrected chi connectivity index (χ3v) is 5.38. The fourth-order valence-corrected chi connectivity index (χ4v) is 3.87. The molecule has 1 amide bonds. The first-order valence-electron chi connectivity index (χ1n) is 9.43. The number of carbonyl (C=O) groups excluding carboxylic acids is 1. The molecule has 2 saturated heterocycles. The second-order valence-electron chi connectivity index (χ2n) is 7.05. The van der Waals surface area contributed by atoms with Crippen molar-refractivity contribution in [3.8, 4) is 0 Å². The predicted molar refractivity (Wildman–Crippen MR) is 112 cm³/mol. The lowest BCUT2D eigenvalue weighted by Crippen LogP contribution is -2.40. The van der Waals surface area contributed by atoms with Gasteiger partial charge < -0.3 is 15.1 Å². The molecule has 7 heteroatoms. The summed E-state index contributed by atoms with van der Waals surface area (Å²) in [5.41, 5.74) is 0.785. The highest BCUT2D eigenvalue weighted by molar-refractivity contribution is 5.99. The zero-order valence-electron chi connectivity index (χ0n) is 15.7. The van der Waals surface area contributed by atoms with Gasteiger partial charge in [-0.15, -0.1) is 24.8 Å². The quantitative estimate of drug-likeness (QED) is 0.819. The van der Waals surface area contributed by atoms with E-state index in [-0.39, 0.29) is 30.7 Å². The molecule has 1 N–H and O–H groups in total. The lowest BCUT2D eigenvalue weighted by molar-refractivity contribution is 0.0687. The van der Waals surface area contributed by atoms with E-state index < -0.39 is 0 Å². The van der Waals surface area contributed by atoms with Crippen LogP contribution in [0.1, 0.15) is 48.9 Å². The van der Waals surface area contributed by atoms with Crippen molar-refractivity contribution in [1.82, 2.24) is 15.2 Å². The van der Waals surface area contributed by atoms with Crippen LogP contribution in [0.4, 0.5) is 5.82 Å². The van der Waals surface area contributed by atoms with Gasteiger partial charge in [0.05, 0.1) is 5.56 Å². The first-order chi connectivity index (χ1) is 11.8. The minimum atomic E-state index is 0. The Bertz CT molecular complexity index is 544. The summed E-state index contributed by atoms with van der Waals surface area (Å²) in [5.74, 6) is 1.80. The summed E-state index contributed by atoms with van der Waals surface area (Å²) in [6.07, 6.45) is 8.93. The Morgan fingerprint density at radius 1 is 1.15 bits per heavy atom. The standard InChI is InChI=1S/C19H30N4O.2ClH/c1-20-11-7-16-8-14-23(15-9-16)19(24)17-6-5-10-21-18(17)22-12-3-2-4-13-22;;/h5-6,10,16,20H,2-4,7-9,11-15H2,1H3;2*1H. The summed E-state index contributed by atoms with van der Waals surface area (Å²) in [6, 6.07) is 3.84. The van der Waals surface area contributed by atoms with E-state index in [2.05, 4.69) is 15.2 Å². The second-order valence-corrected chi connectivity index (χ2v) is 7.05. The van der Waals surface area contributed by atoms with Crippen LogP contribution in [0.25, 0.3) is 0 Å². The third-order valence-electron chi connectivity index (χ3n) is 5.38. The Morgan fingerprint density at radius 2 is 1.85 bits per heavy atom. The highest BCUT2D eigenvalue weighted by Crippen LogP contribution is 2.26. The molecule has 0 unspecified atom stereocenters. The highest BCUT2D eigenvalue weighted by atomic mass is 35.5. The summed E-state index contributed by atoms with van der Waals surface area (Å²) in [5, 5.41) is 3.22. The maximum atomic E-state index is 13.0. The number of hydrogen-bond donors (Lipinski definition) is 1. The molecule has 0 atom stereocenters. The third kappa shape index (κ3) is 5.73. The van der Waals surface area contributed by atoms with Crippen LogP contribution in [-0.2, 0) is 0 Å². The number of amides is 1. The maximum Gasteiger partial charge on any atom is 0.257 e. The van der Waals surface area contributed by atoms with Crippen LogP contribution in [0.3, 0.4) is 0 Å². The highest BCUT2D eigenvalue weighted by Gasteiger charge is 2.27. The molecule has 0 radical (unpaired) electrons. The van der Waals surface area contributed by atoms with Crippen molar-refractivity contribution in [1.29, 1.82) is 0 Å². The van der Waals surface area contributed by atoms with Crippen LogP contribution in [0.15, 0.2) is 18.3 Å². The average molecular weight is 403 g/mol. The second kappa shape index (κ2) is 11.6. The number of rotatable bonds is 5. The number of nitrogens with one attached hydrogen (secondary N) is 1. The van der Waals surface area contributed by atoms with Crippen LogP contribution in [0, 0.1) is 5.92 Å². The monoisotopic (exact) mass is 402 g/mol. The fourth-order valence-electron chi connectivity index (χ4n) is 3.87. The van der Waals surface area contributed by atoms with Gasteiger partial charge in [-0.2, -0.15) is 0 Å². The van der Waals surface area contributed by atoms with Gasteiger partial charge in [0.15, 0.2) is 0 Å². The summed E-state index contributed by atoms with van der Waals surface area (Å²) in [6.45, 7) is 4.86. The molecule has 3 heterocycles. The van der Waals surface area contributed by atoms with E-state index in [0.717, 1.165) is 62.9 Å². The largest absolute Gasteiger partial charge is 0.356 e. The van der Waals surface area contributed by atoms with Crippen molar-refractivity contribution in [3.05, 3.63) is 23.9 Å². The average Bonchev–Trinajstić information content (AvgIpc) is 2.67. The van der Waals surface area contributed by atoms with Gasteiger partial charge in [0.25, 0.3) is 5.91 Å². The van der Waals surface area contributed by atoms with Gasteiger partial charge >= 0.3 is 0 Å². The minimum absolute atomic E-state index is 0. The van der Waals surface area contributed by atoms with Gasteiger partial charge in [-0.1, -0.05) is 0 Å². The molecule has 5 nitrogen and oxygen atoms in total. The number of pyridine rings is 1. The van der Waals surface area contributed by atoms with Gasteiger partial charge in [0.2, 0.25) is 0 Å². The van der Waals surface area contributed by atoms with Crippen LogP contribution < -0.4 is 10.2 Å². The molecule has 2 aliphatic rings. The summed E-state index contributed by atoms with van der Waals surface area (Å²) in [4.78, 5) is 21.9. The van der Waals surface area contributed by atoms with E-state index in [1.54, 1.807) is 0 Å². The van der Waals surface area contributed by atoms with Crippen LogP contribution in [0.5, 0.6) is 0 Å². The first-order valence-corrected chi connectivity index (χ1v) is 9.43. The van der Waals surface area contributed by atoms with Gasteiger partial charge in [-0.05, 0) is 70.2 Å². The number of halogens is 2. The SMILES string of the molecule is CNCCC1CCN(C(=O)c2cccnc2N2CCCCC2)CC1.Cl.Cl. The van der Waals surface area contributed by atoms with E-state index in [4.69, 9.17) is 0 Å². The zero-order chi connectivity index (χ0) is 16.8. The lowest BCUT2D eigenvalue weighted by atomic mass is 9.93. The van der Waals surface area contributed by atoms with Crippen molar-refractivity contribution >= 4 is 36.5 Å². The van der Waals surface area contributed by atoms with E-state index in [1.165, 1.54) is 25.7 Å². The molecule has 2 aliphatic heterocycles. The molecule has 0 spiro atoms. The number of piperidine rings is 2. The van der Waals surface area contributed by atoms with E-state index in [0.29, 0.717) is 0 Å². The molecule has 2 fully saturated rings. The number of aromatic nitrogens is 1. The van der Waals surface area contributed by atoms with Gasteiger partial charge in [0, 0.05) is 32.4 Å². The Balaban J connectivity index is 0.00000169. The minimum Gasteiger partial charge on any atom is -0.356 e. The van der Waals surface area contributed by atoms with E-state index >= 15 is 0 Å². The Kier molecular flexibility index (Phi) is 10.3. The molecule has 1 aromatic heterocycles. The molecule has 0 saturated carbocycles. The summed E-state index contributed by atoms with van der Waals surface area (Å²) in [7, 11) is 2.00. The van der Waals surface area contributed by atoms with Crippen LogP contribution in [-0.4, -0.2) is 55.6 Å². The molecule has 0 bridgehead atoms. The number of hydrogen-bond acceptors (Lipinski definition) is 4. The van der Waals surface area contributed by atoms with Crippen molar-refractivity contribution in [2.45, 2.75) is 38.5 Å². The number of nitrogens with zero attached hydrogens (tertiary/aromatic N) is 3. The Labute approximate surface area is 169 Å². The molecule has 1 aromatic rings. The van der Waals surface area contributed by atoms with Crippen molar-refractivity contribution < 1.29 is 4.79 Å². The topological polar surface area (TPSA) is 48.5 Å². The molecule has 0 aliphatic carbocycles. The van der Waals surface area contributed by atoms with Crippen LogP contribution >= 0.6 is 24.8 Å². The number of likely N-dealkylation sites (tertiary alicyclic amines) is 1. The molecular weight excluding hydrogens is 371 g/mol. The lowest BCUT2D eigenvalue weighted by Gasteiger charge is -2.34. The zero-order valence-corrected chi connectivity index (χ0v) is 17.3. The smallest absolute Gasteiger partial charge is 0.257 e.